The van der Waals surface area contributed by atoms with Crippen molar-refractivity contribution in [3.63, 3.8) is 0 Å². The van der Waals surface area contributed by atoms with E-state index in [9.17, 15) is 8.78 Å². The fourth-order valence-electron chi connectivity index (χ4n) is 1.79. The highest BCUT2D eigenvalue weighted by molar-refractivity contribution is 5.21. The molecule has 1 rings (SSSR count). The van der Waals surface area contributed by atoms with Gasteiger partial charge in [0.05, 0.1) is 0 Å². The van der Waals surface area contributed by atoms with Gasteiger partial charge in [-0.2, -0.15) is 0 Å². The lowest BCUT2D eigenvalue weighted by Gasteiger charge is -2.21. The van der Waals surface area contributed by atoms with Crippen LogP contribution in [0.15, 0.2) is 18.2 Å². The highest BCUT2D eigenvalue weighted by atomic mass is 19.2. The van der Waals surface area contributed by atoms with Crippen LogP contribution >= 0.6 is 0 Å². The van der Waals surface area contributed by atoms with E-state index in [0.717, 1.165) is 18.9 Å². The van der Waals surface area contributed by atoms with E-state index in [-0.39, 0.29) is 6.04 Å². The summed E-state index contributed by atoms with van der Waals surface area (Å²) in [5.41, 5.74) is 6.66. The van der Waals surface area contributed by atoms with Crippen LogP contribution in [0.3, 0.4) is 0 Å². The lowest BCUT2D eigenvalue weighted by atomic mass is 9.89. The SMILES string of the molecule is CCC(CC)C(N)c1ccc(F)c(F)c1. The molecule has 0 aliphatic rings. The molecule has 1 atom stereocenters. The molecule has 0 saturated carbocycles. The van der Waals surface area contributed by atoms with Crippen LogP contribution < -0.4 is 5.73 Å². The zero-order valence-electron chi connectivity index (χ0n) is 9.13. The van der Waals surface area contributed by atoms with Gasteiger partial charge in [0.2, 0.25) is 0 Å². The van der Waals surface area contributed by atoms with Crippen molar-refractivity contribution in [2.75, 3.05) is 0 Å². The van der Waals surface area contributed by atoms with Gasteiger partial charge in [-0.05, 0) is 23.6 Å². The molecular formula is C12H17F2N. The van der Waals surface area contributed by atoms with Gasteiger partial charge in [-0.1, -0.05) is 32.8 Å². The van der Waals surface area contributed by atoms with Crippen molar-refractivity contribution in [1.29, 1.82) is 0 Å². The maximum atomic E-state index is 13.0. The molecule has 0 aliphatic carbocycles. The molecular weight excluding hydrogens is 196 g/mol. The van der Waals surface area contributed by atoms with Crippen molar-refractivity contribution < 1.29 is 8.78 Å². The lowest BCUT2D eigenvalue weighted by Crippen LogP contribution is -2.20. The maximum absolute atomic E-state index is 13.0. The quantitative estimate of drug-likeness (QED) is 0.815. The van der Waals surface area contributed by atoms with Gasteiger partial charge in [0, 0.05) is 6.04 Å². The van der Waals surface area contributed by atoms with E-state index in [1.807, 2.05) is 13.8 Å². The van der Waals surface area contributed by atoms with Gasteiger partial charge in [-0.25, -0.2) is 8.78 Å². The van der Waals surface area contributed by atoms with E-state index < -0.39 is 11.6 Å². The summed E-state index contributed by atoms with van der Waals surface area (Å²) < 4.78 is 25.7. The number of nitrogens with two attached hydrogens (primary N) is 1. The zero-order chi connectivity index (χ0) is 11.4. The van der Waals surface area contributed by atoms with Gasteiger partial charge in [0.25, 0.3) is 0 Å². The van der Waals surface area contributed by atoms with Crippen LogP contribution in [0.1, 0.15) is 38.3 Å². The van der Waals surface area contributed by atoms with E-state index in [2.05, 4.69) is 0 Å². The Balaban J connectivity index is 2.90. The first-order valence-electron chi connectivity index (χ1n) is 5.30. The second-order valence-corrected chi connectivity index (χ2v) is 3.78. The minimum atomic E-state index is -0.825. The van der Waals surface area contributed by atoms with Crippen LogP contribution in [-0.2, 0) is 0 Å². The molecule has 15 heavy (non-hydrogen) atoms. The van der Waals surface area contributed by atoms with Crippen LogP contribution in [0, 0.1) is 17.6 Å². The van der Waals surface area contributed by atoms with Gasteiger partial charge >= 0.3 is 0 Å². The normalized spacial score (nSPS) is 13.2. The molecule has 0 fully saturated rings. The van der Waals surface area contributed by atoms with Crippen molar-refractivity contribution in [3.8, 4) is 0 Å². The Labute approximate surface area is 89.3 Å². The Morgan fingerprint density at radius 2 is 1.73 bits per heavy atom. The summed E-state index contributed by atoms with van der Waals surface area (Å²) in [5, 5.41) is 0. The summed E-state index contributed by atoms with van der Waals surface area (Å²) >= 11 is 0. The highest BCUT2D eigenvalue weighted by Crippen LogP contribution is 2.25. The van der Waals surface area contributed by atoms with Crippen molar-refractivity contribution in [1.82, 2.24) is 0 Å². The molecule has 0 bridgehead atoms. The summed E-state index contributed by atoms with van der Waals surface area (Å²) in [4.78, 5) is 0. The van der Waals surface area contributed by atoms with Crippen LogP contribution in [0.4, 0.5) is 8.78 Å². The third-order valence-electron chi connectivity index (χ3n) is 2.89. The van der Waals surface area contributed by atoms with Gasteiger partial charge in [0.15, 0.2) is 11.6 Å². The molecule has 0 aromatic heterocycles. The number of benzene rings is 1. The molecule has 0 heterocycles. The minimum Gasteiger partial charge on any atom is -0.324 e. The van der Waals surface area contributed by atoms with E-state index in [4.69, 9.17) is 5.73 Å². The van der Waals surface area contributed by atoms with E-state index in [1.54, 1.807) is 6.07 Å². The number of rotatable bonds is 4. The molecule has 3 heteroatoms. The Bertz CT molecular complexity index is 321. The Kier molecular flexibility index (Phi) is 4.21. The number of halogens is 2. The third kappa shape index (κ3) is 2.75. The molecule has 0 amide bonds. The average molecular weight is 213 g/mol. The van der Waals surface area contributed by atoms with Crippen molar-refractivity contribution in [2.24, 2.45) is 11.7 Å². The first-order chi connectivity index (χ1) is 7.10. The van der Waals surface area contributed by atoms with Crippen LogP contribution in [-0.4, -0.2) is 0 Å². The van der Waals surface area contributed by atoms with E-state index in [1.165, 1.54) is 6.07 Å². The molecule has 1 aromatic rings. The van der Waals surface area contributed by atoms with Gasteiger partial charge in [-0.3, -0.25) is 0 Å². The molecule has 0 aliphatic heterocycles. The Morgan fingerprint density at radius 1 is 1.13 bits per heavy atom. The third-order valence-corrected chi connectivity index (χ3v) is 2.89. The summed E-state index contributed by atoms with van der Waals surface area (Å²) in [6.07, 6.45) is 1.88. The zero-order valence-corrected chi connectivity index (χ0v) is 9.13. The van der Waals surface area contributed by atoms with E-state index >= 15 is 0 Å². The van der Waals surface area contributed by atoms with Gasteiger partial charge in [-0.15, -0.1) is 0 Å². The first kappa shape index (κ1) is 12.1. The van der Waals surface area contributed by atoms with Crippen molar-refractivity contribution in [3.05, 3.63) is 35.4 Å². The lowest BCUT2D eigenvalue weighted by molar-refractivity contribution is 0.402. The average Bonchev–Trinajstić information content (AvgIpc) is 2.23. The topological polar surface area (TPSA) is 26.0 Å². The fraction of sp³-hybridized carbons (Fsp3) is 0.500. The number of hydrogen-bond acceptors (Lipinski definition) is 1. The van der Waals surface area contributed by atoms with E-state index in [0.29, 0.717) is 11.5 Å². The monoisotopic (exact) mass is 213 g/mol. The summed E-state index contributed by atoms with van der Waals surface area (Å²) in [6, 6.07) is 3.67. The maximum Gasteiger partial charge on any atom is 0.159 e. The highest BCUT2D eigenvalue weighted by Gasteiger charge is 2.17. The van der Waals surface area contributed by atoms with Gasteiger partial charge < -0.3 is 5.73 Å². The van der Waals surface area contributed by atoms with Crippen molar-refractivity contribution in [2.45, 2.75) is 32.7 Å². The Morgan fingerprint density at radius 3 is 2.20 bits per heavy atom. The summed E-state index contributed by atoms with van der Waals surface area (Å²) in [7, 11) is 0. The van der Waals surface area contributed by atoms with Gasteiger partial charge in [0.1, 0.15) is 0 Å². The minimum absolute atomic E-state index is 0.213. The molecule has 1 aromatic carbocycles. The second-order valence-electron chi connectivity index (χ2n) is 3.78. The second kappa shape index (κ2) is 5.21. The molecule has 1 unspecified atom stereocenters. The Hall–Kier alpha value is -0.960. The molecule has 84 valence electrons. The van der Waals surface area contributed by atoms with Crippen LogP contribution in [0.2, 0.25) is 0 Å². The largest absolute Gasteiger partial charge is 0.324 e. The predicted molar refractivity (Wildman–Crippen MR) is 57.4 cm³/mol. The number of hydrogen-bond donors (Lipinski definition) is 1. The van der Waals surface area contributed by atoms with Crippen LogP contribution in [0.25, 0.3) is 0 Å². The predicted octanol–water partition coefficient (Wildman–Crippen LogP) is 3.40. The first-order valence-corrected chi connectivity index (χ1v) is 5.30. The fourth-order valence-corrected chi connectivity index (χ4v) is 1.79. The van der Waals surface area contributed by atoms with Crippen LogP contribution in [0.5, 0.6) is 0 Å². The molecule has 2 N–H and O–H groups in total. The van der Waals surface area contributed by atoms with Crippen molar-refractivity contribution >= 4 is 0 Å². The molecule has 1 nitrogen and oxygen atoms in total. The summed E-state index contributed by atoms with van der Waals surface area (Å²) in [6.45, 7) is 4.10. The summed E-state index contributed by atoms with van der Waals surface area (Å²) in [5.74, 6) is -1.33. The smallest absolute Gasteiger partial charge is 0.159 e. The standard InChI is InChI=1S/C12H17F2N/c1-3-8(4-2)12(15)9-5-6-10(13)11(14)7-9/h5-8,12H,3-4,15H2,1-2H3. The molecule has 0 radical (unpaired) electrons. The molecule has 0 spiro atoms. The molecule has 0 saturated heterocycles.